The molecule has 0 atom stereocenters. The molecule has 0 spiro atoms. The van der Waals surface area contributed by atoms with E-state index in [1.807, 2.05) is 0 Å². The molecule has 0 saturated carbocycles. The third-order valence-electron chi connectivity index (χ3n) is 5.85. The standard InChI is InChI=1S/C28H29N3Si/c1-19-13-20(2)15-22(14-19)26-28-27(30-18-29-26)24-12-11-21(17-32(3,4)5)16-25(24)31(28)23-9-7-6-8-10-23/h6-16,18H,17H2,1-5H3. The summed E-state index contributed by atoms with van der Waals surface area (Å²) in [4.78, 5) is 9.57. The highest BCUT2D eigenvalue weighted by molar-refractivity contribution is 6.75. The molecule has 2 aromatic heterocycles. The van der Waals surface area contributed by atoms with Crippen LogP contribution in [0.25, 0.3) is 38.9 Å². The number of fused-ring (bicyclic) bond motifs is 3. The number of benzene rings is 3. The molecule has 0 amide bonds. The summed E-state index contributed by atoms with van der Waals surface area (Å²) in [6, 6.07) is 25.3. The number of hydrogen-bond acceptors (Lipinski definition) is 2. The van der Waals surface area contributed by atoms with Crippen LogP contribution in [0.15, 0.2) is 73.1 Å². The Kier molecular flexibility index (Phi) is 4.98. The summed E-state index contributed by atoms with van der Waals surface area (Å²) in [6.45, 7) is 11.6. The van der Waals surface area contributed by atoms with Crippen molar-refractivity contribution in [2.45, 2.75) is 39.5 Å². The largest absolute Gasteiger partial charge is 0.306 e. The lowest BCUT2D eigenvalue weighted by Crippen LogP contribution is -2.23. The lowest BCUT2D eigenvalue weighted by molar-refractivity contribution is 1.14. The summed E-state index contributed by atoms with van der Waals surface area (Å²) in [7, 11) is -1.23. The Labute approximate surface area is 190 Å². The SMILES string of the molecule is Cc1cc(C)cc(-c2ncnc3c4ccc(C[Si](C)(C)C)cc4n(-c4ccccc4)c23)c1. The average Bonchev–Trinajstić information content (AvgIpc) is 3.06. The van der Waals surface area contributed by atoms with E-state index in [9.17, 15) is 0 Å². The molecule has 0 bridgehead atoms. The molecule has 0 aliphatic carbocycles. The normalized spacial score (nSPS) is 12.0. The Morgan fingerprint density at radius 3 is 2.22 bits per heavy atom. The van der Waals surface area contributed by atoms with Crippen molar-refractivity contribution in [2.24, 2.45) is 0 Å². The maximum atomic E-state index is 4.80. The molecule has 5 rings (SSSR count). The fourth-order valence-electron chi connectivity index (χ4n) is 4.76. The Morgan fingerprint density at radius 1 is 0.812 bits per heavy atom. The van der Waals surface area contributed by atoms with Gasteiger partial charge in [-0.3, -0.25) is 0 Å². The van der Waals surface area contributed by atoms with Gasteiger partial charge in [0.1, 0.15) is 11.8 Å². The highest BCUT2D eigenvalue weighted by Crippen LogP contribution is 2.36. The Hall–Kier alpha value is -3.24. The van der Waals surface area contributed by atoms with E-state index >= 15 is 0 Å². The summed E-state index contributed by atoms with van der Waals surface area (Å²) in [6.07, 6.45) is 1.71. The Balaban J connectivity index is 1.89. The number of para-hydroxylation sites is 1. The van der Waals surface area contributed by atoms with E-state index in [-0.39, 0.29) is 0 Å². The Bertz CT molecular complexity index is 1420. The summed E-state index contributed by atoms with van der Waals surface area (Å²) >= 11 is 0. The van der Waals surface area contributed by atoms with Crippen molar-refractivity contribution < 1.29 is 0 Å². The molecule has 0 aliphatic heterocycles. The van der Waals surface area contributed by atoms with Crippen LogP contribution in [0.1, 0.15) is 16.7 Å². The van der Waals surface area contributed by atoms with Crippen molar-refractivity contribution in [3.8, 4) is 16.9 Å². The first-order valence-corrected chi connectivity index (χ1v) is 14.9. The van der Waals surface area contributed by atoms with Gasteiger partial charge in [-0.2, -0.15) is 0 Å². The minimum Gasteiger partial charge on any atom is -0.306 e. The monoisotopic (exact) mass is 435 g/mol. The van der Waals surface area contributed by atoms with Crippen LogP contribution in [0.3, 0.4) is 0 Å². The van der Waals surface area contributed by atoms with E-state index < -0.39 is 8.07 Å². The second kappa shape index (κ2) is 7.71. The van der Waals surface area contributed by atoms with E-state index in [0.29, 0.717) is 0 Å². The molecular weight excluding hydrogens is 406 g/mol. The van der Waals surface area contributed by atoms with Crippen molar-refractivity contribution in [2.75, 3.05) is 0 Å². The molecule has 0 N–H and O–H groups in total. The van der Waals surface area contributed by atoms with Gasteiger partial charge in [0.15, 0.2) is 0 Å². The summed E-state index contributed by atoms with van der Waals surface area (Å²) in [5.41, 5.74) is 10.4. The van der Waals surface area contributed by atoms with Gasteiger partial charge < -0.3 is 4.57 Å². The van der Waals surface area contributed by atoms with Crippen LogP contribution in [0.2, 0.25) is 19.6 Å². The first-order valence-electron chi connectivity index (χ1n) is 11.2. The minimum atomic E-state index is -1.23. The molecule has 0 unspecified atom stereocenters. The van der Waals surface area contributed by atoms with E-state index in [2.05, 4.69) is 105 Å². The van der Waals surface area contributed by atoms with Gasteiger partial charge in [0.2, 0.25) is 0 Å². The van der Waals surface area contributed by atoms with E-state index in [1.54, 1.807) is 6.33 Å². The molecule has 0 aliphatic rings. The van der Waals surface area contributed by atoms with Crippen LogP contribution in [-0.4, -0.2) is 22.6 Å². The van der Waals surface area contributed by atoms with Gasteiger partial charge in [-0.1, -0.05) is 67.2 Å². The number of aromatic nitrogens is 3. The van der Waals surface area contributed by atoms with Crippen LogP contribution in [0, 0.1) is 13.8 Å². The second-order valence-electron chi connectivity index (χ2n) is 10.1. The van der Waals surface area contributed by atoms with Gasteiger partial charge in [0.25, 0.3) is 0 Å². The van der Waals surface area contributed by atoms with Crippen LogP contribution in [-0.2, 0) is 6.04 Å². The summed E-state index contributed by atoms with van der Waals surface area (Å²) in [5, 5.41) is 1.18. The molecule has 160 valence electrons. The highest BCUT2D eigenvalue weighted by atomic mass is 28.3. The number of hydrogen-bond donors (Lipinski definition) is 0. The van der Waals surface area contributed by atoms with E-state index in [1.165, 1.54) is 27.6 Å². The molecule has 32 heavy (non-hydrogen) atoms. The zero-order valence-electron chi connectivity index (χ0n) is 19.5. The third kappa shape index (κ3) is 3.75. The second-order valence-corrected chi connectivity index (χ2v) is 15.5. The maximum absolute atomic E-state index is 4.80. The van der Waals surface area contributed by atoms with Crippen LogP contribution < -0.4 is 0 Å². The van der Waals surface area contributed by atoms with Gasteiger partial charge in [-0.25, -0.2) is 9.97 Å². The number of nitrogens with zero attached hydrogens (tertiary/aromatic N) is 3. The van der Waals surface area contributed by atoms with Gasteiger partial charge >= 0.3 is 0 Å². The van der Waals surface area contributed by atoms with Gasteiger partial charge in [-0.15, -0.1) is 0 Å². The minimum absolute atomic E-state index is 0.980. The van der Waals surface area contributed by atoms with Crippen LogP contribution in [0.4, 0.5) is 0 Å². The van der Waals surface area contributed by atoms with Crippen molar-refractivity contribution in [1.29, 1.82) is 0 Å². The van der Waals surface area contributed by atoms with Crippen LogP contribution in [0.5, 0.6) is 0 Å². The molecule has 0 fully saturated rings. The highest BCUT2D eigenvalue weighted by Gasteiger charge is 2.20. The van der Waals surface area contributed by atoms with Gasteiger partial charge in [-0.05, 0) is 55.8 Å². The number of aryl methyl sites for hydroxylation is 2. The molecule has 0 radical (unpaired) electrons. The third-order valence-corrected chi connectivity index (χ3v) is 7.32. The van der Waals surface area contributed by atoms with Gasteiger partial charge in [0.05, 0.1) is 16.7 Å². The average molecular weight is 436 g/mol. The van der Waals surface area contributed by atoms with E-state index in [4.69, 9.17) is 9.97 Å². The molecule has 2 heterocycles. The van der Waals surface area contributed by atoms with E-state index in [0.717, 1.165) is 34.0 Å². The summed E-state index contributed by atoms with van der Waals surface area (Å²) < 4.78 is 2.35. The molecule has 3 nitrogen and oxygen atoms in total. The lowest BCUT2D eigenvalue weighted by atomic mass is 10.0. The van der Waals surface area contributed by atoms with Crippen molar-refractivity contribution in [3.63, 3.8) is 0 Å². The first-order chi connectivity index (χ1) is 15.3. The zero-order valence-corrected chi connectivity index (χ0v) is 20.5. The maximum Gasteiger partial charge on any atom is 0.116 e. The summed E-state index contributed by atoms with van der Waals surface area (Å²) in [5.74, 6) is 0. The molecule has 0 saturated heterocycles. The van der Waals surface area contributed by atoms with Crippen molar-refractivity contribution in [1.82, 2.24) is 14.5 Å². The fraction of sp³-hybridized carbons (Fsp3) is 0.214. The predicted molar refractivity (Wildman–Crippen MR) is 138 cm³/mol. The topological polar surface area (TPSA) is 30.7 Å². The lowest BCUT2D eigenvalue weighted by Gasteiger charge is -2.16. The first kappa shape index (κ1) is 20.6. The molecule has 3 aromatic carbocycles. The Morgan fingerprint density at radius 2 is 1.53 bits per heavy atom. The quantitative estimate of drug-likeness (QED) is 0.278. The van der Waals surface area contributed by atoms with Crippen LogP contribution >= 0.6 is 0 Å². The van der Waals surface area contributed by atoms with Gasteiger partial charge in [0, 0.05) is 24.7 Å². The number of rotatable bonds is 4. The predicted octanol–water partition coefficient (Wildman–Crippen LogP) is 7.28. The molecule has 4 heteroatoms. The molecule has 5 aromatic rings. The molecular formula is C28H29N3Si. The fourth-order valence-corrected chi connectivity index (χ4v) is 6.21. The zero-order chi connectivity index (χ0) is 22.5. The van der Waals surface area contributed by atoms with Crippen molar-refractivity contribution in [3.05, 3.63) is 89.7 Å². The smallest absolute Gasteiger partial charge is 0.116 e. The van der Waals surface area contributed by atoms with Crippen molar-refractivity contribution >= 4 is 30.0 Å².